The summed E-state index contributed by atoms with van der Waals surface area (Å²) in [5.41, 5.74) is 7.72. The van der Waals surface area contributed by atoms with E-state index in [9.17, 15) is 4.79 Å². The third kappa shape index (κ3) is 3.65. The maximum Gasteiger partial charge on any atom is 0.242 e. The van der Waals surface area contributed by atoms with Crippen LogP contribution in [-0.2, 0) is 4.79 Å². The molecule has 1 aliphatic rings. The molecule has 1 amide bonds. The Kier molecular flexibility index (Phi) is 5.26. The molecule has 126 valence electrons. The number of amides is 1. The Balaban J connectivity index is 1.65. The molecule has 5 nitrogen and oxygen atoms in total. The van der Waals surface area contributed by atoms with Crippen LogP contribution in [0.25, 0.3) is 0 Å². The molecule has 3 rings (SSSR count). The van der Waals surface area contributed by atoms with Crippen molar-refractivity contribution in [3.8, 4) is 5.75 Å². The molecule has 0 aliphatic carbocycles. The number of ether oxygens (including phenoxy) is 1. The highest BCUT2D eigenvalue weighted by Gasteiger charge is 2.31. The van der Waals surface area contributed by atoms with E-state index < -0.39 is 0 Å². The zero-order valence-electron chi connectivity index (χ0n) is 13.0. The van der Waals surface area contributed by atoms with Gasteiger partial charge >= 0.3 is 0 Å². The predicted molar refractivity (Wildman–Crippen MR) is 95.5 cm³/mol. The minimum Gasteiger partial charge on any atom is -0.495 e. The van der Waals surface area contributed by atoms with Crippen molar-refractivity contribution in [1.29, 1.82) is 0 Å². The summed E-state index contributed by atoms with van der Waals surface area (Å²) in [7, 11) is 1.54. The number of hydrogen-bond acceptors (Lipinski definition) is 4. The van der Waals surface area contributed by atoms with Gasteiger partial charge in [-0.1, -0.05) is 41.4 Å². The summed E-state index contributed by atoms with van der Waals surface area (Å²) in [5.74, 6) is 0.424. The first kappa shape index (κ1) is 17.0. The molecule has 2 unspecified atom stereocenters. The van der Waals surface area contributed by atoms with Crippen LogP contribution in [0.1, 0.15) is 18.0 Å². The van der Waals surface area contributed by atoms with Gasteiger partial charge in [-0.25, -0.2) is 10.9 Å². The molecule has 1 aliphatic heterocycles. The van der Waals surface area contributed by atoms with E-state index in [0.29, 0.717) is 27.9 Å². The van der Waals surface area contributed by atoms with Crippen molar-refractivity contribution in [2.24, 2.45) is 0 Å². The van der Waals surface area contributed by atoms with Gasteiger partial charge in [-0.15, -0.1) is 0 Å². The number of halogens is 2. The lowest BCUT2D eigenvalue weighted by Gasteiger charge is -2.12. The zero-order valence-corrected chi connectivity index (χ0v) is 14.5. The molecule has 2 aromatic carbocycles. The van der Waals surface area contributed by atoms with Gasteiger partial charge < -0.3 is 10.1 Å². The van der Waals surface area contributed by atoms with Gasteiger partial charge in [0.05, 0.1) is 12.1 Å². The Bertz CT molecular complexity index is 754. The monoisotopic (exact) mass is 365 g/mol. The van der Waals surface area contributed by atoms with E-state index in [1.165, 1.54) is 0 Å². The molecule has 1 fully saturated rings. The summed E-state index contributed by atoms with van der Waals surface area (Å²) in [6, 6.07) is 12.3. The quantitative estimate of drug-likeness (QED) is 0.775. The number of benzene rings is 2. The molecule has 7 heteroatoms. The first-order valence-electron chi connectivity index (χ1n) is 7.48. The third-order valence-electron chi connectivity index (χ3n) is 3.92. The number of hydrogen-bond donors (Lipinski definition) is 3. The van der Waals surface area contributed by atoms with Gasteiger partial charge in [-0.05, 0) is 36.2 Å². The van der Waals surface area contributed by atoms with Crippen LogP contribution < -0.4 is 20.9 Å². The zero-order chi connectivity index (χ0) is 17.1. The van der Waals surface area contributed by atoms with Gasteiger partial charge in [0.25, 0.3) is 0 Å². The standard InChI is InChI=1S/C17H17Cl2N3O2/c1-24-16-7-6-10(8-13(16)19)20-17(23)15-9-14(21-22-15)11-4-2-3-5-12(11)18/h2-8,14-15,21-22H,9H2,1H3,(H,20,23). The van der Waals surface area contributed by atoms with Crippen molar-refractivity contribution >= 4 is 34.8 Å². The molecule has 2 atom stereocenters. The summed E-state index contributed by atoms with van der Waals surface area (Å²) < 4.78 is 5.10. The Morgan fingerprint density at radius 3 is 2.67 bits per heavy atom. The fraction of sp³-hybridized carbons (Fsp3) is 0.235. The minimum atomic E-state index is -0.368. The number of anilines is 1. The maximum absolute atomic E-state index is 12.4. The molecule has 2 aromatic rings. The molecule has 1 heterocycles. The van der Waals surface area contributed by atoms with Gasteiger partial charge in [0.2, 0.25) is 5.91 Å². The summed E-state index contributed by atoms with van der Waals surface area (Å²) in [4.78, 5) is 12.4. The smallest absolute Gasteiger partial charge is 0.242 e. The van der Waals surface area contributed by atoms with E-state index in [4.69, 9.17) is 27.9 Å². The summed E-state index contributed by atoms with van der Waals surface area (Å²) >= 11 is 12.3. The number of carbonyl (C=O) groups excluding carboxylic acids is 1. The van der Waals surface area contributed by atoms with Crippen LogP contribution in [0.4, 0.5) is 5.69 Å². The van der Waals surface area contributed by atoms with Crippen molar-refractivity contribution in [2.75, 3.05) is 12.4 Å². The molecule has 0 aromatic heterocycles. The molecule has 1 saturated heterocycles. The van der Waals surface area contributed by atoms with Crippen LogP contribution in [0.2, 0.25) is 10.0 Å². The van der Waals surface area contributed by atoms with Crippen molar-refractivity contribution in [2.45, 2.75) is 18.5 Å². The van der Waals surface area contributed by atoms with E-state index in [2.05, 4.69) is 16.2 Å². The number of nitrogens with one attached hydrogen (secondary N) is 3. The van der Waals surface area contributed by atoms with Crippen molar-refractivity contribution < 1.29 is 9.53 Å². The lowest BCUT2D eigenvalue weighted by atomic mass is 10.0. The van der Waals surface area contributed by atoms with Crippen molar-refractivity contribution in [1.82, 2.24) is 10.9 Å². The highest BCUT2D eigenvalue weighted by molar-refractivity contribution is 6.32. The SMILES string of the molecule is COc1ccc(NC(=O)C2CC(c3ccccc3Cl)NN2)cc1Cl. The van der Waals surface area contributed by atoms with Crippen LogP contribution in [-0.4, -0.2) is 19.1 Å². The number of rotatable bonds is 4. The normalized spacial score (nSPS) is 20.0. The first-order chi connectivity index (χ1) is 11.6. The second-order valence-electron chi connectivity index (χ2n) is 5.49. The minimum absolute atomic E-state index is 0.0195. The van der Waals surface area contributed by atoms with Crippen molar-refractivity contribution in [3.63, 3.8) is 0 Å². The second kappa shape index (κ2) is 7.40. The average Bonchev–Trinajstić information content (AvgIpc) is 3.05. The van der Waals surface area contributed by atoms with Crippen LogP contribution in [0.15, 0.2) is 42.5 Å². The number of methoxy groups -OCH3 is 1. The molecule has 0 spiro atoms. The number of hydrazine groups is 1. The summed E-state index contributed by atoms with van der Waals surface area (Å²) in [6.07, 6.45) is 0.597. The van der Waals surface area contributed by atoms with E-state index in [-0.39, 0.29) is 18.0 Å². The van der Waals surface area contributed by atoms with Crippen LogP contribution in [0, 0.1) is 0 Å². The van der Waals surface area contributed by atoms with E-state index >= 15 is 0 Å². The average molecular weight is 366 g/mol. The molecule has 24 heavy (non-hydrogen) atoms. The fourth-order valence-electron chi connectivity index (χ4n) is 2.66. The van der Waals surface area contributed by atoms with Gasteiger partial charge in [-0.2, -0.15) is 0 Å². The van der Waals surface area contributed by atoms with Gasteiger partial charge in [-0.3, -0.25) is 4.79 Å². The van der Waals surface area contributed by atoms with Gasteiger partial charge in [0.15, 0.2) is 0 Å². The van der Waals surface area contributed by atoms with E-state index in [1.54, 1.807) is 25.3 Å². The second-order valence-corrected chi connectivity index (χ2v) is 6.30. The maximum atomic E-state index is 12.4. The highest BCUT2D eigenvalue weighted by Crippen LogP contribution is 2.30. The highest BCUT2D eigenvalue weighted by atomic mass is 35.5. The lowest BCUT2D eigenvalue weighted by Crippen LogP contribution is -2.39. The van der Waals surface area contributed by atoms with Gasteiger partial charge in [0, 0.05) is 16.8 Å². The van der Waals surface area contributed by atoms with Crippen LogP contribution in [0.5, 0.6) is 5.75 Å². The third-order valence-corrected chi connectivity index (χ3v) is 4.56. The first-order valence-corrected chi connectivity index (χ1v) is 8.24. The fourth-order valence-corrected chi connectivity index (χ4v) is 3.19. The van der Waals surface area contributed by atoms with Gasteiger partial charge in [0.1, 0.15) is 11.8 Å². The number of carbonyl (C=O) groups is 1. The Hall–Kier alpha value is -1.79. The summed E-state index contributed by atoms with van der Waals surface area (Å²) in [5, 5.41) is 3.97. The van der Waals surface area contributed by atoms with Crippen molar-refractivity contribution in [3.05, 3.63) is 58.1 Å². The molecule has 0 saturated carbocycles. The van der Waals surface area contributed by atoms with E-state index in [1.807, 2.05) is 24.3 Å². The molecular weight excluding hydrogens is 349 g/mol. The lowest BCUT2D eigenvalue weighted by molar-refractivity contribution is -0.117. The van der Waals surface area contributed by atoms with Crippen LogP contribution in [0.3, 0.4) is 0 Å². The molecule has 3 N–H and O–H groups in total. The topological polar surface area (TPSA) is 62.4 Å². The summed E-state index contributed by atoms with van der Waals surface area (Å²) in [6.45, 7) is 0. The Morgan fingerprint density at radius 2 is 1.96 bits per heavy atom. The predicted octanol–water partition coefficient (Wildman–Crippen LogP) is 3.55. The largest absolute Gasteiger partial charge is 0.495 e. The molecule has 0 radical (unpaired) electrons. The molecular formula is C17H17Cl2N3O2. The molecule has 0 bridgehead atoms. The van der Waals surface area contributed by atoms with E-state index in [0.717, 1.165) is 5.56 Å². The Morgan fingerprint density at radius 1 is 1.17 bits per heavy atom. The Labute approximate surface area is 150 Å². The van der Waals surface area contributed by atoms with Crippen LogP contribution >= 0.6 is 23.2 Å².